The molecule has 0 radical (unpaired) electrons. The van der Waals surface area contributed by atoms with Gasteiger partial charge in [-0.05, 0) is 13.8 Å². The lowest BCUT2D eigenvalue weighted by atomic mass is 9.99. The van der Waals surface area contributed by atoms with Crippen LogP contribution in [0.25, 0.3) is 0 Å². The number of fused-ring (bicyclic) bond motifs is 1. The van der Waals surface area contributed by atoms with Crippen molar-refractivity contribution in [2.75, 3.05) is 5.32 Å². The number of hydrogen-bond acceptors (Lipinski definition) is 4. The maximum Gasteiger partial charge on any atom is 0.236 e. The average Bonchev–Trinajstić information content (AvgIpc) is 2.16. The fraction of sp³-hybridized carbons (Fsp3) is 0.333. The van der Waals surface area contributed by atoms with E-state index in [0.29, 0.717) is 5.69 Å². The van der Waals surface area contributed by atoms with Crippen LogP contribution in [-0.4, -0.2) is 21.7 Å². The summed E-state index contributed by atoms with van der Waals surface area (Å²) in [7, 11) is 0. The first kappa shape index (κ1) is 8.80. The number of Topliss-reactive ketones (excluding diaryl/α,β-unsaturated/α-hetero) is 1. The minimum atomic E-state index is -0.668. The van der Waals surface area contributed by atoms with Crippen LogP contribution in [0.2, 0.25) is 0 Å². The summed E-state index contributed by atoms with van der Waals surface area (Å²) < 4.78 is 0. The number of nitrogens with one attached hydrogen (secondary N) is 1. The first-order chi connectivity index (χ1) is 6.59. The maximum atomic E-state index is 11.6. The molecule has 0 aromatic carbocycles. The van der Waals surface area contributed by atoms with E-state index in [-0.39, 0.29) is 23.2 Å². The van der Waals surface area contributed by atoms with E-state index in [9.17, 15) is 9.59 Å². The maximum absolute atomic E-state index is 11.6. The standard InChI is InChI=1S/C9H9N3O2/c1-4-3-10-8-6(11-4)7(13)5(2)9(14)12-8/h3,5H,1-2H3,(H,10,12,14). The molecule has 1 amide bonds. The molecule has 5 heteroatoms. The third kappa shape index (κ3) is 1.17. The van der Waals surface area contributed by atoms with Gasteiger partial charge in [0.05, 0.1) is 11.9 Å². The van der Waals surface area contributed by atoms with Gasteiger partial charge in [0.25, 0.3) is 0 Å². The highest BCUT2D eigenvalue weighted by Gasteiger charge is 2.32. The zero-order valence-corrected chi connectivity index (χ0v) is 7.87. The van der Waals surface area contributed by atoms with Gasteiger partial charge >= 0.3 is 0 Å². The lowest BCUT2D eigenvalue weighted by Gasteiger charge is -2.18. The quantitative estimate of drug-likeness (QED) is 0.608. The molecule has 1 atom stereocenters. The van der Waals surface area contributed by atoms with Gasteiger partial charge in [-0.3, -0.25) is 9.59 Å². The van der Waals surface area contributed by atoms with Crippen LogP contribution in [0.4, 0.5) is 5.82 Å². The van der Waals surface area contributed by atoms with Crippen LogP contribution in [0.15, 0.2) is 6.20 Å². The smallest absolute Gasteiger partial charge is 0.236 e. The van der Waals surface area contributed by atoms with Gasteiger partial charge in [0.1, 0.15) is 11.6 Å². The van der Waals surface area contributed by atoms with Crippen molar-refractivity contribution in [1.82, 2.24) is 9.97 Å². The third-order valence-corrected chi connectivity index (χ3v) is 2.15. The number of aromatic nitrogens is 2. The minimum absolute atomic E-state index is 0.261. The predicted octanol–water partition coefficient (Wildman–Crippen LogP) is 0.556. The largest absolute Gasteiger partial charge is 0.308 e. The van der Waals surface area contributed by atoms with Gasteiger partial charge in [0.2, 0.25) is 5.91 Å². The summed E-state index contributed by atoms with van der Waals surface area (Å²) in [5, 5.41) is 2.53. The number of carbonyl (C=O) groups excluding carboxylic acids is 2. The van der Waals surface area contributed by atoms with Gasteiger partial charge in [-0.15, -0.1) is 0 Å². The molecule has 5 nitrogen and oxygen atoms in total. The normalized spacial score (nSPS) is 20.3. The average molecular weight is 191 g/mol. The van der Waals surface area contributed by atoms with Crippen LogP contribution in [0, 0.1) is 12.8 Å². The Morgan fingerprint density at radius 2 is 2.14 bits per heavy atom. The Hall–Kier alpha value is -1.78. The number of ketones is 1. The molecule has 1 N–H and O–H groups in total. The summed E-state index contributed by atoms with van der Waals surface area (Å²) in [6, 6.07) is 0. The van der Waals surface area contributed by atoms with E-state index in [2.05, 4.69) is 15.3 Å². The van der Waals surface area contributed by atoms with Crippen molar-refractivity contribution in [3.05, 3.63) is 17.6 Å². The van der Waals surface area contributed by atoms with Crippen LogP contribution in [0.1, 0.15) is 23.1 Å². The van der Waals surface area contributed by atoms with Crippen molar-refractivity contribution in [2.24, 2.45) is 5.92 Å². The monoisotopic (exact) mass is 191 g/mol. The molecule has 1 unspecified atom stereocenters. The number of anilines is 1. The molecular formula is C9H9N3O2. The predicted molar refractivity (Wildman–Crippen MR) is 48.9 cm³/mol. The zero-order chi connectivity index (χ0) is 10.3. The van der Waals surface area contributed by atoms with E-state index < -0.39 is 5.92 Å². The van der Waals surface area contributed by atoms with Gasteiger partial charge in [-0.2, -0.15) is 0 Å². The number of hydrogen-bond donors (Lipinski definition) is 1. The Balaban J connectivity index is 2.57. The van der Waals surface area contributed by atoms with Crippen molar-refractivity contribution in [2.45, 2.75) is 13.8 Å². The molecule has 0 saturated heterocycles. The Kier molecular flexibility index (Phi) is 1.80. The molecule has 1 aliphatic rings. The first-order valence-electron chi connectivity index (χ1n) is 4.28. The molecule has 0 bridgehead atoms. The third-order valence-electron chi connectivity index (χ3n) is 2.15. The fourth-order valence-electron chi connectivity index (χ4n) is 1.29. The molecule has 0 spiro atoms. The van der Waals surface area contributed by atoms with Crippen molar-refractivity contribution in [1.29, 1.82) is 0 Å². The summed E-state index contributed by atoms with van der Waals surface area (Å²) in [6.45, 7) is 3.31. The molecule has 72 valence electrons. The molecule has 0 saturated carbocycles. The molecule has 1 aromatic rings. The van der Waals surface area contributed by atoms with E-state index in [1.54, 1.807) is 13.8 Å². The molecule has 1 aliphatic heterocycles. The van der Waals surface area contributed by atoms with Crippen molar-refractivity contribution in [3.63, 3.8) is 0 Å². The lowest BCUT2D eigenvalue weighted by Crippen LogP contribution is -2.34. The van der Waals surface area contributed by atoms with Crippen LogP contribution in [0.5, 0.6) is 0 Å². The highest BCUT2D eigenvalue weighted by Crippen LogP contribution is 2.21. The molecule has 0 fully saturated rings. The summed E-state index contributed by atoms with van der Waals surface area (Å²) in [5.41, 5.74) is 0.928. The van der Waals surface area contributed by atoms with E-state index in [4.69, 9.17) is 0 Å². The van der Waals surface area contributed by atoms with E-state index >= 15 is 0 Å². The molecular weight excluding hydrogens is 182 g/mol. The molecule has 2 rings (SSSR count). The number of amides is 1. The SMILES string of the molecule is Cc1cnc2c(n1)C(=O)C(C)C(=O)N2. The fourth-order valence-corrected chi connectivity index (χ4v) is 1.29. The second kappa shape index (κ2) is 2.87. The number of carbonyl (C=O) groups is 2. The first-order valence-corrected chi connectivity index (χ1v) is 4.28. The second-order valence-corrected chi connectivity index (χ2v) is 3.28. The van der Waals surface area contributed by atoms with Gasteiger partial charge in [-0.25, -0.2) is 9.97 Å². The lowest BCUT2D eigenvalue weighted by molar-refractivity contribution is -0.118. The highest BCUT2D eigenvalue weighted by molar-refractivity contribution is 6.18. The molecule has 14 heavy (non-hydrogen) atoms. The Morgan fingerprint density at radius 1 is 1.43 bits per heavy atom. The van der Waals surface area contributed by atoms with E-state index in [1.165, 1.54) is 6.20 Å². The number of nitrogens with zero attached hydrogens (tertiary/aromatic N) is 2. The van der Waals surface area contributed by atoms with E-state index in [1.807, 2.05) is 0 Å². The topological polar surface area (TPSA) is 72.0 Å². The van der Waals surface area contributed by atoms with Crippen LogP contribution >= 0.6 is 0 Å². The molecule has 2 heterocycles. The van der Waals surface area contributed by atoms with E-state index in [0.717, 1.165) is 0 Å². The van der Waals surface area contributed by atoms with Gasteiger partial charge < -0.3 is 5.32 Å². The van der Waals surface area contributed by atoms with Crippen molar-refractivity contribution < 1.29 is 9.59 Å². The van der Waals surface area contributed by atoms with Crippen LogP contribution < -0.4 is 5.32 Å². The highest BCUT2D eigenvalue weighted by atomic mass is 16.2. The number of rotatable bonds is 0. The van der Waals surface area contributed by atoms with Gasteiger partial charge in [0.15, 0.2) is 11.6 Å². The zero-order valence-electron chi connectivity index (χ0n) is 7.87. The molecule has 0 aliphatic carbocycles. The summed E-state index contributed by atoms with van der Waals surface area (Å²) >= 11 is 0. The number of aryl methyl sites for hydroxylation is 1. The van der Waals surface area contributed by atoms with Crippen LogP contribution in [-0.2, 0) is 4.79 Å². The van der Waals surface area contributed by atoms with Gasteiger partial charge in [0, 0.05) is 0 Å². The Labute approximate surface area is 80.6 Å². The summed E-state index contributed by atoms with van der Waals surface area (Å²) in [6.07, 6.45) is 1.52. The van der Waals surface area contributed by atoms with Gasteiger partial charge in [-0.1, -0.05) is 0 Å². The van der Waals surface area contributed by atoms with Crippen molar-refractivity contribution in [3.8, 4) is 0 Å². The summed E-state index contributed by atoms with van der Waals surface area (Å²) in [4.78, 5) is 30.9. The molecule has 1 aromatic heterocycles. The minimum Gasteiger partial charge on any atom is -0.308 e. The Bertz CT molecular complexity index is 428. The Morgan fingerprint density at radius 3 is 2.86 bits per heavy atom. The van der Waals surface area contributed by atoms with Crippen LogP contribution in [0.3, 0.4) is 0 Å². The summed E-state index contributed by atoms with van der Waals surface area (Å²) in [5.74, 6) is -0.983. The van der Waals surface area contributed by atoms with Crippen molar-refractivity contribution >= 4 is 17.5 Å². The second-order valence-electron chi connectivity index (χ2n) is 3.28.